The number of esters is 1. The summed E-state index contributed by atoms with van der Waals surface area (Å²) >= 11 is 6.08. The third-order valence-electron chi connectivity index (χ3n) is 11.4. The molecule has 3 aliphatic rings. The van der Waals surface area contributed by atoms with Crippen molar-refractivity contribution in [3.63, 3.8) is 0 Å². The topological polar surface area (TPSA) is 153 Å². The lowest BCUT2D eigenvalue weighted by Gasteiger charge is -2.47. The molecule has 1 aromatic rings. The molecule has 0 unspecified atom stereocenters. The molecule has 13 atom stereocenters. The third kappa shape index (κ3) is 8.51. The lowest BCUT2D eigenvalue weighted by Crippen LogP contribution is -2.61. The van der Waals surface area contributed by atoms with Crippen LogP contribution in [0, 0.1) is 23.7 Å². The lowest BCUT2D eigenvalue weighted by atomic mass is 9.73. The van der Waals surface area contributed by atoms with Crippen molar-refractivity contribution in [3.8, 4) is 0 Å². The van der Waals surface area contributed by atoms with E-state index in [2.05, 4.69) is 5.43 Å². The van der Waals surface area contributed by atoms with Crippen molar-refractivity contribution in [2.75, 3.05) is 21.2 Å². The molecule has 13 nitrogen and oxygen atoms in total. The van der Waals surface area contributed by atoms with Gasteiger partial charge in [-0.1, -0.05) is 51.4 Å². The molecule has 0 aromatic heterocycles. The number of hydrazine groups is 1. The van der Waals surface area contributed by atoms with E-state index < -0.39 is 83.4 Å². The molecule has 1 amide bonds. The molecule has 3 heterocycles. The maximum absolute atomic E-state index is 14.6. The van der Waals surface area contributed by atoms with Gasteiger partial charge in [-0.15, -0.1) is 0 Å². The molecule has 52 heavy (non-hydrogen) atoms. The van der Waals surface area contributed by atoms with E-state index in [1.807, 2.05) is 38.1 Å². The van der Waals surface area contributed by atoms with Crippen molar-refractivity contribution in [3.05, 3.63) is 34.9 Å². The summed E-state index contributed by atoms with van der Waals surface area (Å²) in [5.74, 6) is -5.15. The Morgan fingerprint density at radius 1 is 1.02 bits per heavy atom. The molecule has 4 rings (SSSR count). The number of hydrogen-bond donors (Lipinski definition) is 2. The number of Topliss-reactive ketones (excluding diaryl/α,β-unsaturated/α-hetero) is 2. The van der Waals surface area contributed by atoms with Gasteiger partial charge in [0.2, 0.25) is 0 Å². The number of carbonyl (C=O) groups excluding carboxylic acids is 4. The minimum atomic E-state index is -1.47. The molecule has 0 bridgehead atoms. The zero-order valence-electron chi connectivity index (χ0n) is 32.4. The van der Waals surface area contributed by atoms with E-state index in [0.29, 0.717) is 11.4 Å². The maximum Gasteiger partial charge on any atom is 0.425 e. The summed E-state index contributed by atoms with van der Waals surface area (Å²) < 4.78 is 30.9. The number of ether oxygens (including phenoxy) is 5. The predicted octanol–water partition coefficient (Wildman–Crippen LogP) is 4.55. The molecule has 0 aliphatic carbocycles. The monoisotopic (exact) mass is 751 g/mol. The molecular formula is C38H58ClN3O10. The number of carbonyl (C=O) groups is 4. The van der Waals surface area contributed by atoms with E-state index in [4.69, 9.17) is 35.3 Å². The van der Waals surface area contributed by atoms with Crippen LogP contribution in [0.5, 0.6) is 0 Å². The number of amides is 1. The second-order valence-corrected chi connectivity index (χ2v) is 16.0. The molecule has 3 fully saturated rings. The predicted molar refractivity (Wildman–Crippen MR) is 193 cm³/mol. The van der Waals surface area contributed by atoms with Crippen molar-refractivity contribution >= 4 is 35.2 Å². The normalized spacial score (nSPS) is 39.6. The van der Waals surface area contributed by atoms with Crippen molar-refractivity contribution in [2.45, 2.75) is 135 Å². The Labute approximate surface area is 312 Å². The molecule has 3 saturated heterocycles. The van der Waals surface area contributed by atoms with Gasteiger partial charge in [0.1, 0.15) is 30.0 Å². The van der Waals surface area contributed by atoms with E-state index in [1.165, 1.54) is 19.0 Å². The number of halogens is 1. The number of aliphatic hydroxyl groups excluding tert-OH is 1. The molecule has 14 heteroatoms. The van der Waals surface area contributed by atoms with E-state index >= 15 is 0 Å². The van der Waals surface area contributed by atoms with Crippen LogP contribution in [0.25, 0.3) is 0 Å². The number of aliphatic hydroxyl groups is 1. The van der Waals surface area contributed by atoms with E-state index in [1.54, 1.807) is 53.7 Å². The van der Waals surface area contributed by atoms with Crippen LogP contribution >= 0.6 is 11.6 Å². The number of methoxy groups -OCH3 is 1. The molecule has 0 spiro atoms. The average Bonchev–Trinajstić information content (AvgIpc) is 3.36. The van der Waals surface area contributed by atoms with Crippen LogP contribution in [0.15, 0.2) is 24.3 Å². The Balaban J connectivity index is 1.77. The van der Waals surface area contributed by atoms with Gasteiger partial charge in [0.15, 0.2) is 17.7 Å². The van der Waals surface area contributed by atoms with Crippen molar-refractivity contribution in [2.24, 2.45) is 23.7 Å². The van der Waals surface area contributed by atoms with Crippen molar-refractivity contribution in [1.29, 1.82) is 0 Å². The van der Waals surface area contributed by atoms with Gasteiger partial charge in [-0.25, -0.2) is 15.2 Å². The van der Waals surface area contributed by atoms with Gasteiger partial charge in [-0.2, -0.15) is 0 Å². The highest BCUT2D eigenvalue weighted by atomic mass is 35.5. The van der Waals surface area contributed by atoms with Gasteiger partial charge in [-0.05, 0) is 78.7 Å². The summed E-state index contributed by atoms with van der Waals surface area (Å²) in [6.07, 6.45) is -4.31. The first-order valence-electron chi connectivity index (χ1n) is 18.3. The number of nitrogens with one attached hydrogen (secondary N) is 1. The number of nitrogens with zero attached hydrogens (tertiary/aromatic N) is 2. The van der Waals surface area contributed by atoms with E-state index in [0.717, 1.165) is 5.56 Å². The fourth-order valence-electron chi connectivity index (χ4n) is 8.31. The summed E-state index contributed by atoms with van der Waals surface area (Å²) in [5.41, 5.74) is 1.24. The zero-order chi connectivity index (χ0) is 38.9. The molecule has 1 aromatic carbocycles. The van der Waals surface area contributed by atoms with Crippen LogP contribution in [0.3, 0.4) is 0 Å². The van der Waals surface area contributed by atoms with Crippen LogP contribution in [-0.4, -0.2) is 114 Å². The fourth-order valence-corrected chi connectivity index (χ4v) is 8.44. The highest BCUT2D eigenvalue weighted by Gasteiger charge is 2.61. The molecule has 2 N–H and O–H groups in total. The second-order valence-electron chi connectivity index (χ2n) is 15.5. The summed E-state index contributed by atoms with van der Waals surface area (Å²) in [7, 11) is 5.21. The van der Waals surface area contributed by atoms with Crippen molar-refractivity contribution < 1.29 is 48.0 Å². The molecule has 0 radical (unpaired) electrons. The first-order chi connectivity index (χ1) is 24.3. The first-order valence-corrected chi connectivity index (χ1v) is 18.7. The SMILES string of the molecule is CC[C@@H]1OC(=O)[C@H](C)C(=O)[C@H](C)[C@@H](O[C@@H]2O[C@H](C)C[C@H](N(C)C)[C@H]2O)[C@](C)(OC)C[C@@H](C)C(=O)[C@@H](C)[C@H]2N(NCc3ccc(Cl)cc3)C(=O)O[C@]12C. The van der Waals surface area contributed by atoms with E-state index in [9.17, 15) is 24.3 Å². The van der Waals surface area contributed by atoms with E-state index in [-0.39, 0.29) is 37.3 Å². The standard InChI is InChI=1S/C38H58ClN3O10/c1-12-28-38(8)32(42(36(47)52-38)40-19-25-13-15-26(39)16-14-25)22(4)29(43)20(2)18-37(7,48-11)33(23(5)30(44)24(6)34(46)50-28)51-35-31(45)27(41(9)10)17-21(3)49-35/h13-16,20-24,27-28,31-33,35,40,45H,12,17-19H2,1-11H3/t20-,21-,22-,23+,24-,27+,28+,31-,32-,33-,35+,37-,38-/m1/s1. The first kappa shape index (κ1) is 42.1. The lowest BCUT2D eigenvalue weighted by molar-refractivity contribution is -0.295. The van der Waals surface area contributed by atoms with Crippen LogP contribution in [0.2, 0.25) is 5.02 Å². The number of likely N-dealkylation sites (N-methyl/N-ethyl adjacent to an activating group) is 1. The third-order valence-corrected chi connectivity index (χ3v) is 11.7. The van der Waals surface area contributed by atoms with Gasteiger partial charge in [0.25, 0.3) is 0 Å². The quantitative estimate of drug-likeness (QED) is 0.283. The summed E-state index contributed by atoms with van der Waals surface area (Å²) in [5, 5.41) is 13.3. The highest BCUT2D eigenvalue weighted by Crippen LogP contribution is 2.42. The van der Waals surface area contributed by atoms with Crippen molar-refractivity contribution in [1.82, 2.24) is 15.3 Å². The maximum atomic E-state index is 14.6. The smallest absolute Gasteiger partial charge is 0.425 e. The average molecular weight is 752 g/mol. The Kier molecular flexibility index (Phi) is 13.6. The van der Waals surface area contributed by atoms with Gasteiger partial charge in [-0.3, -0.25) is 14.4 Å². The fraction of sp³-hybridized carbons (Fsp3) is 0.737. The molecule has 0 saturated carbocycles. The van der Waals surface area contributed by atoms with Crippen LogP contribution in [0.1, 0.15) is 80.2 Å². The number of hydrogen-bond acceptors (Lipinski definition) is 12. The number of fused-ring (bicyclic) bond motifs is 1. The zero-order valence-corrected chi connectivity index (χ0v) is 33.1. The summed E-state index contributed by atoms with van der Waals surface area (Å²) in [4.78, 5) is 58.2. The minimum absolute atomic E-state index is 0.108. The number of cyclic esters (lactones) is 1. The van der Waals surface area contributed by atoms with Gasteiger partial charge in [0.05, 0.1) is 17.8 Å². The van der Waals surface area contributed by atoms with Gasteiger partial charge < -0.3 is 33.7 Å². The summed E-state index contributed by atoms with van der Waals surface area (Å²) in [6, 6.07) is 5.92. The molecule has 292 valence electrons. The number of benzene rings is 1. The largest absolute Gasteiger partial charge is 0.458 e. The molecule has 3 aliphatic heterocycles. The Morgan fingerprint density at radius 3 is 2.23 bits per heavy atom. The van der Waals surface area contributed by atoms with Gasteiger partial charge in [0, 0.05) is 42.5 Å². The number of rotatable bonds is 8. The Bertz CT molecular complexity index is 1450. The number of ketones is 2. The minimum Gasteiger partial charge on any atom is -0.458 e. The summed E-state index contributed by atoms with van der Waals surface area (Å²) in [6.45, 7) is 14.0. The van der Waals surface area contributed by atoms with Crippen LogP contribution < -0.4 is 5.43 Å². The highest BCUT2D eigenvalue weighted by molar-refractivity contribution is 6.30. The Morgan fingerprint density at radius 2 is 1.65 bits per heavy atom. The molecular weight excluding hydrogens is 694 g/mol. The van der Waals surface area contributed by atoms with Crippen LogP contribution in [-0.2, 0) is 44.6 Å². The van der Waals surface area contributed by atoms with Crippen LogP contribution in [0.4, 0.5) is 4.79 Å². The Hall–Kier alpha value is -2.65. The van der Waals surface area contributed by atoms with Gasteiger partial charge >= 0.3 is 12.1 Å². The second kappa shape index (κ2) is 16.8.